The first-order valence-corrected chi connectivity index (χ1v) is 6.60. The zero-order valence-electron chi connectivity index (χ0n) is 12.1. The normalized spacial score (nSPS) is 10.8. The molecule has 0 N–H and O–H groups in total. The van der Waals surface area contributed by atoms with Crippen molar-refractivity contribution in [2.75, 3.05) is 6.61 Å². The lowest BCUT2D eigenvalue weighted by Gasteiger charge is -2.04. The van der Waals surface area contributed by atoms with Gasteiger partial charge >= 0.3 is 11.9 Å². The minimum atomic E-state index is -0.359. The molecular weight excluding hydrogens is 256 g/mol. The van der Waals surface area contributed by atoms with Gasteiger partial charge in [0.05, 0.1) is 6.61 Å². The van der Waals surface area contributed by atoms with Gasteiger partial charge in [-0.25, -0.2) is 4.79 Å². The van der Waals surface area contributed by atoms with E-state index in [1.54, 1.807) is 30.3 Å². The molecular formula is C16H20O4. The topological polar surface area (TPSA) is 52.6 Å². The molecule has 1 rings (SSSR count). The summed E-state index contributed by atoms with van der Waals surface area (Å²) < 4.78 is 9.97. The van der Waals surface area contributed by atoms with Crippen molar-refractivity contribution in [2.45, 2.75) is 27.2 Å². The van der Waals surface area contributed by atoms with E-state index in [-0.39, 0.29) is 11.9 Å². The van der Waals surface area contributed by atoms with E-state index in [4.69, 9.17) is 9.47 Å². The molecule has 0 atom stereocenters. The fourth-order valence-corrected chi connectivity index (χ4v) is 1.42. The molecule has 108 valence electrons. The van der Waals surface area contributed by atoms with Gasteiger partial charge in [-0.2, -0.15) is 0 Å². The van der Waals surface area contributed by atoms with Gasteiger partial charge in [0.1, 0.15) is 5.75 Å². The molecule has 0 heterocycles. The summed E-state index contributed by atoms with van der Waals surface area (Å²) >= 11 is 0. The van der Waals surface area contributed by atoms with Gasteiger partial charge in [-0.15, -0.1) is 0 Å². The minimum Gasteiger partial charge on any atom is -0.463 e. The SMILES string of the molecule is CC(=O)Oc1ccc(C=CC(=O)OCCC(C)C)cc1. The highest BCUT2D eigenvalue weighted by Gasteiger charge is 2.00. The highest BCUT2D eigenvalue weighted by atomic mass is 16.5. The zero-order chi connectivity index (χ0) is 15.0. The molecule has 0 unspecified atom stereocenters. The lowest BCUT2D eigenvalue weighted by molar-refractivity contribution is -0.138. The summed E-state index contributed by atoms with van der Waals surface area (Å²) in [4.78, 5) is 22.2. The summed E-state index contributed by atoms with van der Waals surface area (Å²) in [5.74, 6) is 0.284. The van der Waals surface area contributed by atoms with E-state index in [0.29, 0.717) is 18.3 Å². The van der Waals surface area contributed by atoms with Gasteiger partial charge in [-0.05, 0) is 36.1 Å². The van der Waals surface area contributed by atoms with Gasteiger partial charge in [0, 0.05) is 13.0 Å². The third-order valence-electron chi connectivity index (χ3n) is 2.49. The number of hydrogen-bond donors (Lipinski definition) is 0. The maximum absolute atomic E-state index is 11.4. The predicted octanol–water partition coefficient (Wildman–Crippen LogP) is 3.21. The summed E-state index contributed by atoms with van der Waals surface area (Å²) in [6, 6.07) is 6.86. The maximum atomic E-state index is 11.4. The molecule has 0 spiro atoms. The van der Waals surface area contributed by atoms with Crippen molar-refractivity contribution < 1.29 is 19.1 Å². The van der Waals surface area contributed by atoms with Crippen molar-refractivity contribution in [1.29, 1.82) is 0 Å². The first kappa shape index (κ1) is 16.0. The monoisotopic (exact) mass is 276 g/mol. The predicted molar refractivity (Wildman–Crippen MR) is 77.2 cm³/mol. The second-order valence-electron chi connectivity index (χ2n) is 4.85. The van der Waals surface area contributed by atoms with Crippen LogP contribution in [0.5, 0.6) is 5.75 Å². The van der Waals surface area contributed by atoms with Crippen molar-refractivity contribution >= 4 is 18.0 Å². The Morgan fingerprint density at radius 2 is 1.85 bits per heavy atom. The van der Waals surface area contributed by atoms with Crippen molar-refractivity contribution in [1.82, 2.24) is 0 Å². The number of benzene rings is 1. The van der Waals surface area contributed by atoms with Crippen LogP contribution in [0.2, 0.25) is 0 Å². The van der Waals surface area contributed by atoms with Crippen LogP contribution >= 0.6 is 0 Å². The maximum Gasteiger partial charge on any atom is 0.330 e. The van der Waals surface area contributed by atoms with Gasteiger partial charge in [0.15, 0.2) is 0 Å². The number of rotatable bonds is 6. The summed E-state index contributed by atoms with van der Waals surface area (Å²) in [5, 5.41) is 0. The minimum absolute atomic E-state index is 0.352. The molecule has 0 bridgehead atoms. The first-order chi connectivity index (χ1) is 9.47. The second kappa shape index (κ2) is 8.15. The molecule has 0 fully saturated rings. The van der Waals surface area contributed by atoms with Crippen LogP contribution in [0.25, 0.3) is 6.08 Å². The molecule has 4 nitrogen and oxygen atoms in total. The smallest absolute Gasteiger partial charge is 0.330 e. The molecule has 4 heteroatoms. The molecule has 1 aromatic rings. The number of carbonyl (C=O) groups excluding carboxylic acids is 2. The molecule has 1 aromatic carbocycles. The Kier molecular flexibility index (Phi) is 6.50. The second-order valence-corrected chi connectivity index (χ2v) is 4.85. The Balaban J connectivity index is 2.45. The van der Waals surface area contributed by atoms with Crippen LogP contribution in [0.3, 0.4) is 0 Å². The van der Waals surface area contributed by atoms with Crippen LogP contribution in [-0.4, -0.2) is 18.5 Å². The number of carbonyl (C=O) groups is 2. The Hall–Kier alpha value is -2.10. The Labute approximate surface area is 119 Å². The van der Waals surface area contributed by atoms with Crippen LogP contribution in [-0.2, 0) is 14.3 Å². The summed E-state index contributed by atoms with van der Waals surface area (Å²) in [5.41, 5.74) is 0.835. The molecule has 0 radical (unpaired) electrons. The highest BCUT2D eigenvalue weighted by Crippen LogP contribution is 2.13. The van der Waals surface area contributed by atoms with E-state index in [0.717, 1.165) is 12.0 Å². The van der Waals surface area contributed by atoms with Crippen molar-refractivity contribution in [2.24, 2.45) is 5.92 Å². The van der Waals surface area contributed by atoms with Gasteiger partial charge in [0.2, 0.25) is 0 Å². The van der Waals surface area contributed by atoms with Gasteiger partial charge in [-0.3, -0.25) is 4.79 Å². The largest absolute Gasteiger partial charge is 0.463 e. The molecule has 0 aliphatic carbocycles. The quantitative estimate of drug-likeness (QED) is 0.455. The van der Waals surface area contributed by atoms with Crippen LogP contribution in [0.1, 0.15) is 32.8 Å². The van der Waals surface area contributed by atoms with Crippen LogP contribution in [0, 0.1) is 5.92 Å². The molecule has 0 saturated carbocycles. The van der Waals surface area contributed by atoms with Crippen LogP contribution in [0.15, 0.2) is 30.3 Å². The zero-order valence-corrected chi connectivity index (χ0v) is 12.1. The lowest BCUT2D eigenvalue weighted by Crippen LogP contribution is -2.04. The van der Waals surface area contributed by atoms with E-state index < -0.39 is 0 Å². The summed E-state index contributed by atoms with van der Waals surface area (Å²) in [6.45, 7) is 5.94. The third-order valence-corrected chi connectivity index (χ3v) is 2.49. The molecule has 0 saturated heterocycles. The molecule has 0 aliphatic rings. The molecule has 0 aromatic heterocycles. The van der Waals surface area contributed by atoms with E-state index in [9.17, 15) is 9.59 Å². The highest BCUT2D eigenvalue weighted by molar-refractivity contribution is 5.87. The number of ether oxygens (including phenoxy) is 2. The average Bonchev–Trinajstić information content (AvgIpc) is 2.37. The number of esters is 2. The Bertz CT molecular complexity index is 472. The summed E-state index contributed by atoms with van der Waals surface area (Å²) in [6.07, 6.45) is 3.91. The van der Waals surface area contributed by atoms with Gasteiger partial charge < -0.3 is 9.47 Å². The average molecular weight is 276 g/mol. The summed E-state index contributed by atoms with van der Waals surface area (Å²) in [7, 11) is 0. The van der Waals surface area contributed by atoms with Gasteiger partial charge in [-0.1, -0.05) is 26.0 Å². The number of hydrogen-bond acceptors (Lipinski definition) is 4. The lowest BCUT2D eigenvalue weighted by atomic mass is 10.1. The van der Waals surface area contributed by atoms with E-state index in [1.807, 2.05) is 0 Å². The Morgan fingerprint density at radius 3 is 2.40 bits per heavy atom. The molecule has 0 aliphatic heterocycles. The van der Waals surface area contributed by atoms with Crippen LogP contribution in [0.4, 0.5) is 0 Å². The fourth-order valence-electron chi connectivity index (χ4n) is 1.42. The fraction of sp³-hybridized carbons (Fsp3) is 0.375. The standard InChI is InChI=1S/C16H20O4/c1-12(2)10-11-19-16(18)9-6-14-4-7-15(8-5-14)20-13(3)17/h4-9,12H,10-11H2,1-3H3. The molecule has 20 heavy (non-hydrogen) atoms. The van der Waals surface area contributed by atoms with Gasteiger partial charge in [0.25, 0.3) is 0 Å². The van der Waals surface area contributed by atoms with E-state index in [1.165, 1.54) is 13.0 Å². The van der Waals surface area contributed by atoms with Crippen molar-refractivity contribution in [3.8, 4) is 5.75 Å². The van der Waals surface area contributed by atoms with E-state index >= 15 is 0 Å². The molecule has 0 amide bonds. The third kappa shape index (κ3) is 6.73. The first-order valence-electron chi connectivity index (χ1n) is 6.60. The van der Waals surface area contributed by atoms with Crippen molar-refractivity contribution in [3.05, 3.63) is 35.9 Å². The Morgan fingerprint density at radius 1 is 1.20 bits per heavy atom. The van der Waals surface area contributed by atoms with E-state index in [2.05, 4.69) is 13.8 Å². The van der Waals surface area contributed by atoms with Crippen molar-refractivity contribution in [3.63, 3.8) is 0 Å². The van der Waals surface area contributed by atoms with Crippen LogP contribution < -0.4 is 4.74 Å².